The predicted molar refractivity (Wildman–Crippen MR) is 124 cm³/mol. The maximum atomic E-state index is 4.73. The molecule has 0 aliphatic carbocycles. The van der Waals surface area contributed by atoms with Gasteiger partial charge < -0.3 is 20.1 Å². The molecule has 8 nitrogen and oxygen atoms in total. The SMILES string of the molecule is CN1CCN(c2ccnc3[nH]c(-c4n[nH]c5cnc(C6CCNCC6)cc45)cc23)CC1. The maximum Gasteiger partial charge on any atom is 0.139 e. The molecule has 4 aromatic rings. The summed E-state index contributed by atoms with van der Waals surface area (Å²) in [5.41, 5.74) is 6.24. The van der Waals surface area contributed by atoms with Crippen molar-refractivity contribution in [2.24, 2.45) is 0 Å². The van der Waals surface area contributed by atoms with Crippen LogP contribution in [0.25, 0.3) is 33.3 Å². The smallest absolute Gasteiger partial charge is 0.139 e. The van der Waals surface area contributed by atoms with Gasteiger partial charge in [-0.3, -0.25) is 10.1 Å². The van der Waals surface area contributed by atoms with Crippen LogP contribution in [0.2, 0.25) is 0 Å². The molecule has 6 heterocycles. The van der Waals surface area contributed by atoms with E-state index in [0.29, 0.717) is 5.92 Å². The summed E-state index contributed by atoms with van der Waals surface area (Å²) in [5, 5.41) is 13.5. The van der Waals surface area contributed by atoms with Crippen molar-refractivity contribution < 1.29 is 0 Å². The lowest BCUT2D eigenvalue weighted by atomic mass is 9.93. The first-order chi connectivity index (χ1) is 15.3. The number of rotatable bonds is 3. The van der Waals surface area contributed by atoms with Crippen LogP contribution in [0.15, 0.2) is 30.6 Å². The van der Waals surface area contributed by atoms with E-state index in [1.165, 1.54) is 11.4 Å². The quantitative estimate of drug-likeness (QED) is 0.476. The van der Waals surface area contributed by atoms with Crippen LogP contribution in [0.5, 0.6) is 0 Å². The maximum absolute atomic E-state index is 4.73. The van der Waals surface area contributed by atoms with E-state index >= 15 is 0 Å². The number of piperazine rings is 1. The molecule has 2 fully saturated rings. The van der Waals surface area contributed by atoms with Gasteiger partial charge in [0.05, 0.1) is 17.4 Å². The van der Waals surface area contributed by atoms with Crippen LogP contribution in [-0.2, 0) is 0 Å². The second-order valence-electron chi connectivity index (χ2n) is 8.82. The summed E-state index contributed by atoms with van der Waals surface area (Å²) in [4.78, 5) is 17.7. The van der Waals surface area contributed by atoms with E-state index in [1.54, 1.807) is 0 Å². The first-order valence-electron chi connectivity index (χ1n) is 11.2. The van der Waals surface area contributed by atoms with Crippen molar-refractivity contribution >= 4 is 27.6 Å². The molecule has 6 rings (SSSR count). The van der Waals surface area contributed by atoms with Gasteiger partial charge in [-0.05, 0) is 51.2 Å². The zero-order valence-electron chi connectivity index (χ0n) is 17.9. The number of piperidine rings is 1. The number of likely N-dealkylation sites (N-methyl/N-ethyl adjacent to an activating group) is 1. The molecule has 31 heavy (non-hydrogen) atoms. The summed E-state index contributed by atoms with van der Waals surface area (Å²) in [6.07, 6.45) is 6.10. The first kappa shape index (κ1) is 18.8. The third-order valence-electron chi connectivity index (χ3n) is 6.83. The highest BCUT2D eigenvalue weighted by Gasteiger charge is 2.21. The van der Waals surface area contributed by atoms with Crippen LogP contribution in [0.4, 0.5) is 5.69 Å². The molecule has 2 aliphatic rings. The van der Waals surface area contributed by atoms with Crippen LogP contribution in [-0.4, -0.2) is 76.4 Å². The average Bonchev–Trinajstić information content (AvgIpc) is 3.43. The Morgan fingerprint density at radius 2 is 1.84 bits per heavy atom. The largest absolute Gasteiger partial charge is 0.368 e. The minimum absolute atomic E-state index is 0.515. The van der Waals surface area contributed by atoms with E-state index in [9.17, 15) is 0 Å². The Labute approximate surface area is 181 Å². The van der Waals surface area contributed by atoms with Gasteiger partial charge >= 0.3 is 0 Å². The van der Waals surface area contributed by atoms with Gasteiger partial charge in [0.2, 0.25) is 0 Å². The highest BCUT2D eigenvalue weighted by atomic mass is 15.2. The second kappa shape index (κ2) is 7.62. The molecule has 0 bridgehead atoms. The number of fused-ring (bicyclic) bond motifs is 2. The van der Waals surface area contributed by atoms with E-state index in [4.69, 9.17) is 4.98 Å². The van der Waals surface area contributed by atoms with E-state index < -0.39 is 0 Å². The van der Waals surface area contributed by atoms with E-state index in [1.807, 2.05) is 12.4 Å². The van der Waals surface area contributed by atoms with Crippen LogP contribution in [0.1, 0.15) is 24.5 Å². The van der Waals surface area contributed by atoms with Crippen LogP contribution >= 0.6 is 0 Å². The molecule has 0 radical (unpaired) electrons. The van der Waals surface area contributed by atoms with Crippen LogP contribution < -0.4 is 10.2 Å². The lowest BCUT2D eigenvalue weighted by Crippen LogP contribution is -2.44. The van der Waals surface area contributed by atoms with Gasteiger partial charge in [-0.25, -0.2) is 4.98 Å². The Morgan fingerprint density at radius 3 is 2.68 bits per heavy atom. The molecule has 0 spiro atoms. The number of aromatic amines is 2. The van der Waals surface area contributed by atoms with Crippen molar-refractivity contribution in [2.75, 3.05) is 51.2 Å². The fourth-order valence-electron chi connectivity index (χ4n) is 4.94. The lowest BCUT2D eigenvalue weighted by Gasteiger charge is -2.34. The Kier molecular flexibility index (Phi) is 4.61. The highest BCUT2D eigenvalue weighted by Crippen LogP contribution is 2.34. The number of H-pyrrole nitrogens is 2. The first-order valence-corrected chi connectivity index (χ1v) is 11.2. The molecule has 2 aliphatic heterocycles. The second-order valence-corrected chi connectivity index (χ2v) is 8.82. The van der Waals surface area contributed by atoms with Gasteiger partial charge in [-0.1, -0.05) is 0 Å². The number of nitrogens with zero attached hydrogens (tertiary/aromatic N) is 5. The van der Waals surface area contributed by atoms with Crippen molar-refractivity contribution in [3.63, 3.8) is 0 Å². The Balaban J connectivity index is 1.40. The molecule has 160 valence electrons. The van der Waals surface area contributed by atoms with Gasteiger partial charge in [-0.15, -0.1) is 0 Å². The molecular weight excluding hydrogens is 388 g/mol. The molecule has 4 aromatic heterocycles. The van der Waals surface area contributed by atoms with Crippen molar-refractivity contribution in [1.82, 2.24) is 35.4 Å². The molecular formula is C23H28N8. The average molecular weight is 417 g/mol. The summed E-state index contributed by atoms with van der Waals surface area (Å²) in [6.45, 7) is 6.35. The highest BCUT2D eigenvalue weighted by molar-refractivity contribution is 5.98. The topological polar surface area (TPSA) is 88.8 Å². The van der Waals surface area contributed by atoms with Crippen molar-refractivity contribution in [1.29, 1.82) is 0 Å². The normalized spacial score (nSPS) is 18.9. The third-order valence-corrected chi connectivity index (χ3v) is 6.83. The van der Waals surface area contributed by atoms with Crippen LogP contribution in [0.3, 0.4) is 0 Å². The number of hydrogen-bond donors (Lipinski definition) is 3. The fraction of sp³-hybridized carbons (Fsp3) is 0.435. The number of hydrogen-bond acceptors (Lipinski definition) is 6. The number of pyridine rings is 2. The molecule has 0 saturated carbocycles. The third kappa shape index (κ3) is 3.36. The molecule has 2 saturated heterocycles. The summed E-state index contributed by atoms with van der Waals surface area (Å²) in [5.74, 6) is 0.515. The molecule has 3 N–H and O–H groups in total. The molecule has 0 amide bonds. The molecule has 0 unspecified atom stereocenters. The minimum atomic E-state index is 0.515. The van der Waals surface area contributed by atoms with Gasteiger partial charge in [0.25, 0.3) is 0 Å². The van der Waals surface area contributed by atoms with Gasteiger partial charge in [0.15, 0.2) is 0 Å². The summed E-state index contributed by atoms with van der Waals surface area (Å²) >= 11 is 0. The fourth-order valence-corrected chi connectivity index (χ4v) is 4.94. The Morgan fingerprint density at radius 1 is 1.00 bits per heavy atom. The summed E-state index contributed by atoms with van der Waals surface area (Å²) in [7, 11) is 2.18. The Bertz CT molecular complexity index is 1210. The van der Waals surface area contributed by atoms with Gasteiger partial charge in [0.1, 0.15) is 11.3 Å². The van der Waals surface area contributed by atoms with Crippen molar-refractivity contribution in [3.8, 4) is 11.4 Å². The van der Waals surface area contributed by atoms with E-state index in [-0.39, 0.29) is 0 Å². The van der Waals surface area contributed by atoms with E-state index in [2.05, 4.69) is 60.5 Å². The molecule has 8 heteroatoms. The van der Waals surface area contributed by atoms with Crippen LogP contribution in [0, 0.1) is 0 Å². The van der Waals surface area contributed by atoms with Crippen molar-refractivity contribution in [2.45, 2.75) is 18.8 Å². The number of anilines is 1. The lowest BCUT2D eigenvalue weighted by molar-refractivity contribution is 0.313. The van der Waals surface area contributed by atoms with Gasteiger partial charge in [0, 0.05) is 60.4 Å². The Hall–Kier alpha value is -2.97. The number of nitrogens with one attached hydrogen (secondary N) is 3. The van der Waals surface area contributed by atoms with Crippen molar-refractivity contribution in [3.05, 3.63) is 36.3 Å². The minimum Gasteiger partial charge on any atom is -0.368 e. The zero-order chi connectivity index (χ0) is 20.8. The predicted octanol–water partition coefficient (Wildman–Crippen LogP) is 2.72. The van der Waals surface area contributed by atoms with Gasteiger partial charge in [-0.2, -0.15) is 5.10 Å². The molecule has 0 atom stereocenters. The summed E-state index contributed by atoms with van der Waals surface area (Å²) < 4.78 is 0. The molecule has 0 aromatic carbocycles. The summed E-state index contributed by atoms with van der Waals surface area (Å²) in [6, 6.07) is 6.56. The van der Waals surface area contributed by atoms with E-state index in [0.717, 1.165) is 85.4 Å². The number of aromatic nitrogens is 5. The standard InChI is InChI=1S/C23H28N8/c1-30-8-10-31(11-9-30)21-4-7-25-23-17(21)13-19(27-23)22-16-12-18(15-2-5-24-6-3-15)26-14-20(16)28-29-22/h4,7,12-15,24H,2-3,5-6,8-11H2,1H3,(H,25,27)(H,28,29). The monoisotopic (exact) mass is 416 g/mol. The zero-order valence-corrected chi connectivity index (χ0v) is 17.9.